The van der Waals surface area contributed by atoms with E-state index in [9.17, 15) is 0 Å². The molecule has 90 valence electrons. The number of rotatable bonds is 6. The average molecular weight is 223 g/mol. The highest BCUT2D eigenvalue weighted by atomic mass is 15.4. The summed E-state index contributed by atoms with van der Waals surface area (Å²) in [5.74, 6) is 0. The molecule has 1 N–H and O–H groups in total. The lowest BCUT2D eigenvalue weighted by molar-refractivity contribution is 0.241. The highest BCUT2D eigenvalue weighted by molar-refractivity contribution is 4.91. The molecule has 0 bridgehead atoms. The largest absolute Gasteiger partial charge is 0.310 e. The van der Waals surface area contributed by atoms with Gasteiger partial charge in [-0.25, -0.2) is 0 Å². The van der Waals surface area contributed by atoms with Gasteiger partial charge >= 0.3 is 0 Å². The lowest BCUT2D eigenvalue weighted by Gasteiger charge is -2.24. The van der Waals surface area contributed by atoms with Crippen molar-refractivity contribution in [3.8, 4) is 0 Å². The number of hydrogen-bond donors (Lipinski definition) is 1. The summed E-state index contributed by atoms with van der Waals surface area (Å²) in [5, 5.41) is 11.4. The molecular formula is C11H21N5. The Kier molecular flexibility index (Phi) is 3.56. The zero-order chi connectivity index (χ0) is 11.5. The topological polar surface area (TPSA) is 46.0 Å². The van der Waals surface area contributed by atoms with E-state index in [0.29, 0.717) is 6.04 Å². The first-order valence-electron chi connectivity index (χ1n) is 5.94. The molecule has 0 spiro atoms. The Bertz CT molecular complexity index is 331. The molecule has 5 nitrogen and oxygen atoms in total. The molecule has 1 aliphatic carbocycles. The Labute approximate surface area is 96.8 Å². The van der Waals surface area contributed by atoms with Crippen LogP contribution in [0.2, 0.25) is 0 Å². The SMILES string of the molecule is CC(CNCc1cn(C)nn1)N(C)C1CC1. The molecule has 1 saturated carbocycles. The quantitative estimate of drug-likeness (QED) is 0.757. The maximum absolute atomic E-state index is 4.04. The molecule has 0 amide bonds. The Balaban J connectivity index is 1.67. The van der Waals surface area contributed by atoms with Gasteiger partial charge in [-0.15, -0.1) is 5.10 Å². The molecule has 1 aliphatic rings. The van der Waals surface area contributed by atoms with Crippen molar-refractivity contribution < 1.29 is 0 Å². The van der Waals surface area contributed by atoms with Gasteiger partial charge in [0.05, 0.1) is 5.69 Å². The second-order valence-corrected chi connectivity index (χ2v) is 4.76. The minimum atomic E-state index is 0.587. The number of aryl methyl sites for hydroxylation is 1. The van der Waals surface area contributed by atoms with Crippen molar-refractivity contribution in [3.63, 3.8) is 0 Å². The first-order chi connectivity index (χ1) is 7.66. The summed E-state index contributed by atoms with van der Waals surface area (Å²) in [6.07, 6.45) is 4.68. The molecule has 5 heteroatoms. The second-order valence-electron chi connectivity index (χ2n) is 4.76. The minimum Gasteiger partial charge on any atom is -0.310 e. The standard InChI is InChI=1S/C11H21N5/c1-9(16(3)11-4-5-11)6-12-7-10-8-15(2)14-13-10/h8-9,11-12H,4-7H2,1-3H3. The van der Waals surface area contributed by atoms with Crippen molar-refractivity contribution in [2.45, 2.75) is 38.4 Å². The van der Waals surface area contributed by atoms with Gasteiger partial charge in [-0.3, -0.25) is 9.58 Å². The molecule has 1 atom stereocenters. The third kappa shape index (κ3) is 3.02. The first-order valence-corrected chi connectivity index (χ1v) is 5.94. The van der Waals surface area contributed by atoms with Crippen molar-refractivity contribution >= 4 is 0 Å². The molecule has 0 radical (unpaired) electrons. The third-order valence-corrected chi connectivity index (χ3v) is 3.21. The molecular weight excluding hydrogens is 202 g/mol. The van der Waals surface area contributed by atoms with Gasteiger partial charge in [-0.2, -0.15) is 0 Å². The number of nitrogens with one attached hydrogen (secondary N) is 1. The van der Waals surface area contributed by atoms with Crippen LogP contribution in [0.1, 0.15) is 25.5 Å². The molecule has 1 unspecified atom stereocenters. The molecule has 16 heavy (non-hydrogen) atoms. The van der Waals surface area contributed by atoms with Gasteiger partial charge in [-0.1, -0.05) is 5.21 Å². The van der Waals surface area contributed by atoms with Crippen molar-refractivity contribution in [2.24, 2.45) is 7.05 Å². The number of likely N-dealkylation sites (N-methyl/N-ethyl adjacent to an activating group) is 1. The van der Waals surface area contributed by atoms with E-state index in [1.807, 2.05) is 13.2 Å². The van der Waals surface area contributed by atoms with E-state index in [4.69, 9.17) is 0 Å². The molecule has 0 aliphatic heterocycles. The van der Waals surface area contributed by atoms with Gasteiger partial charge in [0.15, 0.2) is 0 Å². The van der Waals surface area contributed by atoms with Crippen LogP contribution in [-0.4, -0.2) is 45.6 Å². The van der Waals surface area contributed by atoms with Crippen LogP contribution in [0.3, 0.4) is 0 Å². The maximum Gasteiger partial charge on any atom is 0.0964 e. The smallest absolute Gasteiger partial charge is 0.0964 e. The summed E-state index contributed by atoms with van der Waals surface area (Å²) in [6, 6.07) is 1.41. The van der Waals surface area contributed by atoms with Crippen molar-refractivity contribution in [1.29, 1.82) is 0 Å². The molecule has 2 rings (SSSR count). The Morgan fingerprint density at radius 1 is 1.62 bits per heavy atom. The Morgan fingerprint density at radius 2 is 2.38 bits per heavy atom. The van der Waals surface area contributed by atoms with E-state index in [2.05, 4.69) is 34.5 Å². The number of nitrogens with zero attached hydrogens (tertiary/aromatic N) is 4. The van der Waals surface area contributed by atoms with Gasteiger partial charge in [0.2, 0.25) is 0 Å². The van der Waals surface area contributed by atoms with Crippen LogP contribution in [0.25, 0.3) is 0 Å². The van der Waals surface area contributed by atoms with Gasteiger partial charge in [0.1, 0.15) is 0 Å². The average Bonchev–Trinajstić information content (AvgIpc) is 3.02. The van der Waals surface area contributed by atoms with E-state index in [-0.39, 0.29) is 0 Å². The van der Waals surface area contributed by atoms with E-state index in [0.717, 1.165) is 24.8 Å². The zero-order valence-electron chi connectivity index (χ0n) is 10.3. The third-order valence-electron chi connectivity index (χ3n) is 3.21. The fraction of sp³-hybridized carbons (Fsp3) is 0.818. The molecule has 0 saturated heterocycles. The van der Waals surface area contributed by atoms with Crippen molar-refractivity contribution in [1.82, 2.24) is 25.2 Å². The normalized spacial score (nSPS) is 18.0. The van der Waals surface area contributed by atoms with Crippen LogP contribution >= 0.6 is 0 Å². The summed E-state index contributed by atoms with van der Waals surface area (Å²) < 4.78 is 1.73. The summed E-state index contributed by atoms with van der Waals surface area (Å²) in [5.41, 5.74) is 1.00. The van der Waals surface area contributed by atoms with Crippen LogP contribution in [0.15, 0.2) is 6.20 Å². The highest BCUT2D eigenvalue weighted by Gasteiger charge is 2.28. The van der Waals surface area contributed by atoms with Gasteiger partial charge in [0.25, 0.3) is 0 Å². The summed E-state index contributed by atoms with van der Waals surface area (Å²) >= 11 is 0. The van der Waals surface area contributed by atoms with E-state index in [1.54, 1.807) is 4.68 Å². The molecule has 0 aromatic carbocycles. The lowest BCUT2D eigenvalue weighted by Crippen LogP contribution is -2.38. The predicted molar refractivity (Wildman–Crippen MR) is 63.0 cm³/mol. The summed E-state index contributed by atoms with van der Waals surface area (Å²) in [4.78, 5) is 2.46. The Hall–Kier alpha value is -0.940. The maximum atomic E-state index is 4.04. The molecule has 1 aromatic rings. The molecule has 1 heterocycles. The summed E-state index contributed by atoms with van der Waals surface area (Å²) in [6.45, 7) is 4.07. The minimum absolute atomic E-state index is 0.587. The number of hydrogen-bond acceptors (Lipinski definition) is 4. The fourth-order valence-corrected chi connectivity index (χ4v) is 1.87. The van der Waals surface area contributed by atoms with Gasteiger partial charge in [0, 0.05) is 38.4 Å². The predicted octanol–water partition coefficient (Wildman–Crippen LogP) is 0.387. The first kappa shape index (κ1) is 11.5. The van der Waals surface area contributed by atoms with Gasteiger partial charge in [-0.05, 0) is 26.8 Å². The molecule has 1 fully saturated rings. The second kappa shape index (κ2) is 4.93. The van der Waals surface area contributed by atoms with E-state index >= 15 is 0 Å². The van der Waals surface area contributed by atoms with Crippen molar-refractivity contribution in [3.05, 3.63) is 11.9 Å². The fourth-order valence-electron chi connectivity index (χ4n) is 1.87. The van der Waals surface area contributed by atoms with Crippen molar-refractivity contribution in [2.75, 3.05) is 13.6 Å². The van der Waals surface area contributed by atoms with Crippen LogP contribution in [0.5, 0.6) is 0 Å². The number of aromatic nitrogens is 3. The van der Waals surface area contributed by atoms with Gasteiger partial charge < -0.3 is 5.32 Å². The lowest BCUT2D eigenvalue weighted by atomic mass is 10.3. The van der Waals surface area contributed by atoms with Crippen LogP contribution in [0, 0.1) is 0 Å². The zero-order valence-corrected chi connectivity index (χ0v) is 10.3. The van der Waals surface area contributed by atoms with Crippen LogP contribution in [-0.2, 0) is 13.6 Å². The monoisotopic (exact) mass is 223 g/mol. The highest BCUT2D eigenvalue weighted by Crippen LogP contribution is 2.26. The summed E-state index contributed by atoms with van der Waals surface area (Å²) in [7, 11) is 4.10. The van der Waals surface area contributed by atoms with E-state index in [1.165, 1.54) is 12.8 Å². The van der Waals surface area contributed by atoms with Crippen LogP contribution in [0.4, 0.5) is 0 Å². The van der Waals surface area contributed by atoms with E-state index < -0.39 is 0 Å². The Morgan fingerprint density at radius 3 is 2.94 bits per heavy atom. The van der Waals surface area contributed by atoms with Crippen LogP contribution < -0.4 is 5.32 Å². The molecule has 1 aromatic heterocycles.